The van der Waals surface area contributed by atoms with Crippen LogP contribution in [0.1, 0.15) is 0 Å². The molecule has 1 aliphatic rings. The summed E-state index contributed by atoms with van der Waals surface area (Å²) in [4.78, 5) is 14.4. The molecule has 0 saturated carbocycles. The molecule has 2 aromatic rings. The van der Waals surface area contributed by atoms with Gasteiger partial charge in [-0.2, -0.15) is 0 Å². The molecular formula is C13H11N3O4. The molecule has 0 aliphatic carbocycles. The second-order valence-electron chi connectivity index (χ2n) is 4.13. The average molecular weight is 273 g/mol. The molecule has 3 rings (SSSR count). The van der Waals surface area contributed by atoms with Crippen molar-refractivity contribution in [3.05, 3.63) is 46.8 Å². The van der Waals surface area contributed by atoms with Crippen molar-refractivity contribution in [2.45, 2.75) is 0 Å². The van der Waals surface area contributed by atoms with E-state index in [4.69, 9.17) is 9.47 Å². The molecule has 1 aromatic carbocycles. The topological polar surface area (TPSA) is 86.5 Å². The number of aromatic nitrogens is 1. The molecule has 0 atom stereocenters. The Morgan fingerprint density at radius 3 is 2.80 bits per heavy atom. The van der Waals surface area contributed by atoms with Crippen LogP contribution in [-0.2, 0) is 0 Å². The van der Waals surface area contributed by atoms with Crippen LogP contribution in [0, 0.1) is 10.1 Å². The van der Waals surface area contributed by atoms with Gasteiger partial charge in [0.25, 0.3) is 5.69 Å². The van der Waals surface area contributed by atoms with Crippen LogP contribution in [0.15, 0.2) is 36.7 Å². The first-order chi connectivity index (χ1) is 9.74. The third-order valence-corrected chi connectivity index (χ3v) is 2.82. The largest absolute Gasteiger partial charge is 0.486 e. The van der Waals surface area contributed by atoms with Gasteiger partial charge in [-0.15, -0.1) is 0 Å². The van der Waals surface area contributed by atoms with Gasteiger partial charge in [0.2, 0.25) is 0 Å². The van der Waals surface area contributed by atoms with E-state index in [1.807, 2.05) is 0 Å². The number of hydrogen-bond donors (Lipinski definition) is 1. The van der Waals surface area contributed by atoms with Crippen molar-refractivity contribution in [2.75, 3.05) is 18.5 Å². The molecular weight excluding hydrogens is 262 g/mol. The molecule has 0 spiro atoms. The summed E-state index contributed by atoms with van der Waals surface area (Å²) in [5, 5.41) is 13.9. The first-order valence-electron chi connectivity index (χ1n) is 5.99. The Morgan fingerprint density at radius 2 is 2.00 bits per heavy atom. The molecule has 1 N–H and O–H groups in total. The maximum atomic E-state index is 10.9. The zero-order valence-corrected chi connectivity index (χ0v) is 10.4. The van der Waals surface area contributed by atoms with Crippen molar-refractivity contribution >= 4 is 17.1 Å². The number of nitrogens with zero attached hydrogens (tertiary/aromatic N) is 2. The number of ether oxygens (including phenoxy) is 2. The first-order valence-corrected chi connectivity index (χ1v) is 5.99. The predicted octanol–water partition coefficient (Wildman–Crippen LogP) is 2.50. The van der Waals surface area contributed by atoms with Crippen molar-refractivity contribution in [2.24, 2.45) is 0 Å². The highest BCUT2D eigenvalue weighted by Crippen LogP contribution is 2.34. The lowest BCUT2D eigenvalue weighted by Gasteiger charge is -2.19. The molecule has 0 bridgehead atoms. The van der Waals surface area contributed by atoms with Crippen LogP contribution in [0.25, 0.3) is 0 Å². The van der Waals surface area contributed by atoms with Gasteiger partial charge >= 0.3 is 0 Å². The highest BCUT2D eigenvalue weighted by molar-refractivity contribution is 5.70. The van der Waals surface area contributed by atoms with Crippen LogP contribution in [0.5, 0.6) is 11.5 Å². The summed E-state index contributed by atoms with van der Waals surface area (Å²) in [5.41, 5.74) is 0.967. The van der Waals surface area contributed by atoms with Crippen LogP contribution in [-0.4, -0.2) is 23.1 Å². The predicted molar refractivity (Wildman–Crippen MR) is 71.6 cm³/mol. The zero-order valence-electron chi connectivity index (χ0n) is 10.4. The van der Waals surface area contributed by atoms with E-state index in [-0.39, 0.29) is 5.69 Å². The second-order valence-corrected chi connectivity index (χ2v) is 4.13. The molecule has 0 fully saturated rings. The van der Waals surface area contributed by atoms with Crippen molar-refractivity contribution in [3.63, 3.8) is 0 Å². The molecule has 2 heterocycles. The van der Waals surface area contributed by atoms with Crippen molar-refractivity contribution < 1.29 is 14.4 Å². The van der Waals surface area contributed by atoms with Crippen molar-refractivity contribution in [1.82, 2.24) is 4.98 Å². The Bertz CT molecular complexity index is 660. The Balaban J connectivity index is 1.90. The van der Waals surface area contributed by atoms with Crippen LogP contribution in [0.2, 0.25) is 0 Å². The summed E-state index contributed by atoms with van der Waals surface area (Å²) >= 11 is 0. The average Bonchev–Trinajstić information content (AvgIpc) is 2.47. The fourth-order valence-electron chi connectivity index (χ4n) is 1.92. The van der Waals surface area contributed by atoms with Gasteiger partial charge in [0, 0.05) is 24.0 Å². The SMILES string of the molecule is O=[N+]([O-])c1ccncc1Nc1ccc2c(c1)OCCO2. The van der Waals surface area contributed by atoms with Gasteiger partial charge in [0.05, 0.1) is 11.1 Å². The smallest absolute Gasteiger partial charge is 0.295 e. The lowest BCUT2D eigenvalue weighted by molar-refractivity contribution is -0.384. The number of nitro groups is 1. The normalized spacial score (nSPS) is 12.8. The molecule has 0 saturated heterocycles. The second kappa shape index (κ2) is 5.04. The quantitative estimate of drug-likeness (QED) is 0.683. The zero-order chi connectivity index (χ0) is 13.9. The Hall–Kier alpha value is -2.83. The standard InChI is InChI=1S/C13H11N3O4/c17-16(18)11-3-4-14-8-10(11)15-9-1-2-12-13(7-9)20-6-5-19-12/h1-4,7-8,15H,5-6H2. The number of nitrogens with one attached hydrogen (secondary N) is 1. The number of anilines is 2. The van der Waals surface area contributed by atoms with Gasteiger partial charge < -0.3 is 14.8 Å². The van der Waals surface area contributed by atoms with Crippen LogP contribution >= 0.6 is 0 Å². The lowest BCUT2D eigenvalue weighted by Crippen LogP contribution is -2.15. The molecule has 0 amide bonds. The van der Waals surface area contributed by atoms with Gasteiger partial charge in [-0.25, -0.2) is 0 Å². The summed E-state index contributed by atoms with van der Waals surface area (Å²) in [6.07, 6.45) is 2.79. The molecule has 0 radical (unpaired) electrons. The number of pyridine rings is 1. The summed E-state index contributed by atoms with van der Waals surface area (Å²) in [7, 11) is 0. The third-order valence-electron chi connectivity index (χ3n) is 2.82. The molecule has 1 aliphatic heterocycles. The van der Waals surface area contributed by atoms with E-state index >= 15 is 0 Å². The van der Waals surface area contributed by atoms with E-state index in [2.05, 4.69) is 10.3 Å². The highest BCUT2D eigenvalue weighted by atomic mass is 16.6. The van der Waals surface area contributed by atoms with E-state index in [9.17, 15) is 10.1 Å². The molecule has 7 heteroatoms. The first kappa shape index (κ1) is 12.2. The van der Waals surface area contributed by atoms with E-state index < -0.39 is 4.92 Å². The number of fused-ring (bicyclic) bond motifs is 1. The van der Waals surface area contributed by atoms with E-state index in [1.54, 1.807) is 18.2 Å². The number of hydrogen-bond acceptors (Lipinski definition) is 6. The van der Waals surface area contributed by atoms with Crippen molar-refractivity contribution in [1.29, 1.82) is 0 Å². The minimum absolute atomic E-state index is 0.0325. The van der Waals surface area contributed by atoms with Crippen LogP contribution in [0.3, 0.4) is 0 Å². The minimum atomic E-state index is -0.456. The Labute approximate surface area is 114 Å². The minimum Gasteiger partial charge on any atom is -0.486 e. The molecule has 7 nitrogen and oxygen atoms in total. The number of rotatable bonds is 3. The monoisotopic (exact) mass is 273 g/mol. The Morgan fingerprint density at radius 1 is 1.20 bits per heavy atom. The molecule has 1 aromatic heterocycles. The van der Waals surface area contributed by atoms with E-state index in [0.29, 0.717) is 36.1 Å². The van der Waals surface area contributed by atoms with Gasteiger partial charge in [-0.3, -0.25) is 15.1 Å². The van der Waals surface area contributed by atoms with Crippen LogP contribution in [0.4, 0.5) is 17.1 Å². The van der Waals surface area contributed by atoms with Gasteiger partial charge in [-0.1, -0.05) is 0 Å². The molecule has 0 unspecified atom stereocenters. The van der Waals surface area contributed by atoms with E-state index in [1.165, 1.54) is 18.5 Å². The van der Waals surface area contributed by atoms with Crippen molar-refractivity contribution in [3.8, 4) is 11.5 Å². The molecule has 102 valence electrons. The summed E-state index contributed by atoms with van der Waals surface area (Å²) in [5.74, 6) is 1.29. The highest BCUT2D eigenvalue weighted by Gasteiger charge is 2.15. The summed E-state index contributed by atoms with van der Waals surface area (Å²) in [6.45, 7) is 1.01. The van der Waals surface area contributed by atoms with Crippen LogP contribution < -0.4 is 14.8 Å². The Kier molecular flexibility index (Phi) is 3.08. The lowest BCUT2D eigenvalue weighted by atomic mass is 10.2. The maximum Gasteiger partial charge on any atom is 0.295 e. The fraction of sp³-hybridized carbons (Fsp3) is 0.154. The maximum absolute atomic E-state index is 10.9. The fourth-order valence-corrected chi connectivity index (χ4v) is 1.92. The van der Waals surface area contributed by atoms with Gasteiger partial charge in [0.15, 0.2) is 11.5 Å². The van der Waals surface area contributed by atoms with Gasteiger partial charge in [-0.05, 0) is 12.1 Å². The number of benzene rings is 1. The van der Waals surface area contributed by atoms with Gasteiger partial charge in [0.1, 0.15) is 18.9 Å². The third kappa shape index (κ3) is 2.33. The summed E-state index contributed by atoms with van der Waals surface area (Å²) < 4.78 is 10.9. The molecule has 20 heavy (non-hydrogen) atoms. The van der Waals surface area contributed by atoms with E-state index in [0.717, 1.165) is 0 Å². The summed E-state index contributed by atoms with van der Waals surface area (Å²) in [6, 6.07) is 6.62.